The molecule has 0 N–H and O–H groups in total. The fourth-order valence-corrected chi connectivity index (χ4v) is 6.24. The van der Waals surface area contributed by atoms with Crippen LogP contribution in [0, 0.1) is 6.92 Å². The van der Waals surface area contributed by atoms with E-state index >= 15 is 0 Å². The molecule has 3 atom stereocenters. The normalized spacial score (nSPS) is 22.6. The van der Waals surface area contributed by atoms with Gasteiger partial charge in [0.05, 0.1) is 28.7 Å². The maximum absolute atomic E-state index is 13.8. The number of anilines is 1. The van der Waals surface area contributed by atoms with Crippen LogP contribution in [0.25, 0.3) is 11.7 Å². The van der Waals surface area contributed by atoms with Gasteiger partial charge in [-0.05, 0) is 51.0 Å². The van der Waals surface area contributed by atoms with E-state index in [4.69, 9.17) is 21.9 Å². The summed E-state index contributed by atoms with van der Waals surface area (Å²) >= 11 is 6.83. The van der Waals surface area contributed by atoms with Crippen LogP contribution in [0.5, 0.6) is 0 Å². The Morgan fingerprint density at radius 2 is 1.81 bits per heavy atom. The number of benzene rings is 1. The summed E-state index contributed by atoms with van der Waals surface area (Å²) in [7, 11) is 0. The number of hydrogen-bond donors (Lipinski definition) is 0. The van der Waals surface area contributed by atoms with Crippen molar-refractivity contribution in [3.63, 3.8) is 0 Å². The summed E-state index contributed by atoms with van der Waals surface area (Å²) in [5.41, 5.74) is 2.67. The first-order chi connectivity index (χ1) is 17.2. The molecule has 186 valence electrons. The largest absolute Gasteiger partial charge is 0.372 e. The molecule has 9 heteroatoms. The Balaban J connectivity index is 1.62. The molecular formula is C27H28N4O3S2. The maximum Gasteiger partial charge on any atom is 0.267 e. The van der Waals surface area contributed by atoms with E-state index in [1.54, 1.807) is 21.6 Å². The Morgan fingerprint density at radius 3 is 2.50 bits per heavy atom. The first kappa shape index (κ1) is 24.7. The van der Waals surface area contributed by atoms with Crippen molar-refractivity contribution in [2.24, 2.45) is 0 Å². The smallest absolute Gasteiger partial charge is 0.267 e. The van der Waals surface area contributed by atoms with Gasteiger partial charge in [0.2, 0.25) is 0 Å². The second-order valence-corrected chi connectivity index (χ2v) is 11.0. The van der Waals surface area contributed by atoms with Crippen molar-refractivity contribution in [1.82, 2.24) is 14.3 Å². The molecule has 2 aromatic heterocycles. The molecule has 0 bridgehead atoms. The molecule has 0 saturated carbocycles. The highest BCUT2D eigenvalue weighted by molar-refractivity contribution is 8.26. The molecular weight excluding hydrogens is 492 g/mol. The minimum Gasteiger partial charge on any atom is -0.372 e. The molecule has 0 spiro atoms. The van der Waals surface area contributed by atoms with Crippen molar-refractivity contribution in [3.8, 4) is 0 Å². The molecule has 0 radical (unpaired) electrons. The SMILES string of the molecule is Cc1cccn2c(=O)c(/C=C3\SC(=S)N([C@@H](C)c4ccccc4)C3=O)c(N3C[C@@H](C)O[C@H](C)C3)nc12. The van der Waals surface area contributed by atoms with Crippen LogP contribution in [0.2, 0.25) is 0 Å². The number of nitrogens with zero attached hydrogens (tertiary/aromatic N) is 4. The third-order valence-electron chi connectivity index (χ3n) is 6.55. The molecule has 2 fully saturated rings. The molecule has 3 aromatic rings. The van der Waals surface area contributed by atoms with Gasteiger partial charge in [0.25, 0.3) is 11.5 Å². The molecule has 5 rings (SSSR count). The summed E-state index contributed by atoms with van der Waals surface area (Å²) in [5, 5.41) is 0. The number of aryl methyl sites for hydroxylation is 1. The number of morpholine rings is 1. The van der Waals surface area contributed by atoms with Crippen LogP contribution in [0.4, 0.5) is 5.82 Å². The lowest BCUT2D eigenvalue weighted by atomic mass is 10.1. The fourth-order valence-electron chi connectivity index (χ4n) is 4.84. The Hall–Kier alpha value is -3.01. The van der Waals surface area contributed by atoms with E-state index in [-0.39, 0.29) is 29.7 Å². The van der Waals surface area contributed by atoms with Gasteiger partial charge in [-0.25, -0.2) is 4.98 Å². The minimum absolute atomic E-state index is 0.0105. The van der Waals surface area contributed by atoms with Crippen molar-refractivity contribution >= 4 is 51.7 Å². The quantitative estimate of drug-likeness (QED) is 0.369. The number of amides is 1. The zero-order valence-corrected chi connectivity index (χ0v) is 22.3. The van der Waals surface area contributed by atoms with Crippen LogP contribution < -0.4 is 10.5 Å². The Labute approximate surface area is 219 Å². The van der Waals surface area contributed by atoms with Crippen molar-refractivity contribution in [1.29, 1.82) is 0 Å². The van der Waals surface area contributed by atoms with E-state index in [0.29, 0.717) is 39.3 Å². The first-order valence-corrected chi connectivity index (χ1v) is 13.2. The number of carbonyl (C=O) groups excluding carboxylic acids is 1. The Kier molecular flexibility index (Phi) is 6.72. The third-order valence-corrected chi connectivity index (χ3v) is 7.88. The summed E-state index contributed by atoms with van der Waals surface area (Å²) in [4.78, 5) is 36.4. The summed E-state index contributed by atoms with van der Waals surface area (Å²) < 4.78 is 7.94. The van der Waals surface area contributed by atoms with E-state index in [2.05, 4.69) is 4.90 Å². The zero-order chi connectivity index (χ0) is 25.6. The number of hydrogen-bond acceptors (Lipinski definition) is 7. The average Bonchev–Trinajstić information content (AvgIpc) is 3.13. The summed E-state index contributed by atoms with van der Waals surface area (Å²) in [5.74, 6) is 0.363. The van der Waals surface area contributed by atoms with Gasteiger partial charge in [0.1, 0.15) is 15.8 Å². The van der Waals surface area contributed by atoms with E-state index < -0.39 is 0 Å². The number of fused-ring (bicyclic) bond motifs is 1. The lowest BCUT2D eigenvalue weighted by Crippen LogP contribution is -2.46. The predicted octanol–water partition coefficient (Wildman–Crippen LogP) is 4.58. The van der Waals surface area contributed by atoms with E-state index in [9.17, 15) is 9.59 Å². The highest BCUT2D eigenvalue weighted by atomic mass is 32.2. The number of thiocarbonyl (C=S) groups is 1. The lowest BCUT2D eigenvalue weighted by molar-refractivity contribution is -0.123. The second-order valence-electron chi connectivity index (χ2n) is 9.34. The van der Waals surface area contributed by atoms with Crippen LogP contribution in [-0.4, -0.2) is 49.8 Å². The number of ether oxygens (including phenoxy) is 1. The van der Waals surface area contributed by atoms with Crippen molar-refractivity contribution < 1.29 is 9.53 Å². The van der Waals surface area contributed by atoms with Gasteiger partial charge in [-0.1, -0.05) is 60.4 Å². The van der Waals surface area contributed by atoms with Crippen molar-refractivity contribution in [3.05, 3.63) is 80.6 Å². The molecule has 0 unspecified atom stereocenters. The van der Waals surface area contributed by atoms with Crippen LogP contribution in [0.1, 0.15) is 43.5 Å². The topological polar surface area (TPSA) is 67.2 Å². The number of pyridine rings is 1. The molecule has 2 aliphatic rings. The fraction of sp³-hybridized carbons (Fsp3) is 0.333. The predicted molar refractivity (Wildman–Crippen MR) is 148 cm³/mol. The van der Waals surface area contributed by atoms with Crippen LogP contribution in [0.3, 0.4) is 0 Å². The Morgan fingerprint density at radius 1 is 1.11 bits per heavy atom. The van der Waals surface area contributed by atoms with E-state index in [0.717, 1.165) is 11.1 Å². The standard InChI is InChI=1S/C27H28N4O3S2/c1-16-9-8-12-30-23(16)28-24(29-14-17(2)34-18(3)15-29)21(25(30)32)13-22-26(33)31(27(35)36-22)19(4)20-10-6-5-7-11-20/h5-13,17-19H,14-15H2,1-4H3/b22-13-/t17-,18-,19+/m1/s1. The van der Waals surface area contributed by atoms with Crippen LogP contribution in [0.15, 0.2) is 58.4 Å². The highest BCUT2D eigenvalue weighted by Crippen LogP contribution is 2.38. The van der Waals surface area contributed by atoms with Gasteiger partial charge in [0, 0.05) is 19.3 Å². The van der Waals surface area contributed by atoms with Crippen LogP contribution >= 0.6 is 24.0 Å². The van der Waals surface area contributed by atoms with Gasteiger partial charge >= 0.3 is 0 Å². The summed E-state index contributed by atoms with van der Waals surface area (Å²) in [6.45, 7) is 9.12. The molecule has 36 heavy (non-hydrogen) atoms. The molecule has 2 saturated heterocycles. The third kappa shape index (κ3) is 4.47. The average molecular weight is 521 g/mol. The van der Waals surface area contributed by atoms with Crippen molar-refractivity contribution in [2.45, 2.75) is 45.9 Å². The van der Waals surface area contributed by atoms with Crippen LogP contribution in [-0.2, 0) is 9.53 Å². The summed E-state index contributed by atoms with van der Waals surface area (Å²) in [6.07, 6.45) is 3.36. The maximum atomic E-state index is 13.8. The Bertz CT molecular complexity index is 1430. The monoisotopic (exact) mass is 520 g/mol. The number of thioether (sulfide) groups is 1. The summed E-state index contributed by atoms with van der Waals surface area (Å²) in [6, 6.07) is 13.3. The molecule has 1 aromatic carbocycles. The van der Waals surface area contributed by atoms with Gasteiger partial charge in [-0.2, -0.15) is 0 Å². The van der Waals surface area contributed by atoms with Gasteiger partial charge in [-0.3, -0.25) is 18.9 Å². The zero-order valence-electron chi connectivity index (χ0n) is 20.7. The highest BCUT2D eigenvalue weighted by Gasteiger charge is 2.37. The number of aromatic nitrogens is 2. The lowest BCUT2D eigenvalue weighted by Gasteiger charge is -2.36. The minimum atomic E-state index is -0.219. The van der Waals surface area contributed by atoms with E-state index in [1.807, 2.05) is 70.2 Å². The molecule has 7 nitrogen and oxygen atoms in total. The molecule has 4 heterocycles. The molecule has 1 amide bonds. The second kappa shape index (κ2) is 9.80. The molecule has 2 aliphatic heterocycles. The first-order valence-electron chi connectivity index (χ1n) is 12.0. The number of rotatable bonds is 4. The van der Waals surface area contributed by atoms with Gasteiger partial charge < -0.3 is 9.64 Å². The van der Waals surface area contributed by atoms with Crippen molar-refractivity contribution in [2.75, 3.05) is 18.0 Å². The van der Waals surface area contributed by atoms with Gasteiger partial charge in [-0.15, -0.1) is 0 Å². The van der Waals surface area contributed by atoms with E-state index in [1.165, 1.54) is 11.8 Å². The van der Waals surface area contributed by atoms with Gasteiger partial charge in [0.15, 0.2) is 0 Å². The molecule has 0 aliphatic carbocycles. The number of carbonyl (C=O) groups is 1.